The first-order valence-electron chi connectivity index (χ1n) is 4.25. The summed E-state index contributed by atoms with van der Waals surface area (Å²) in [4.78, 5) is 10.5. The minimum absolute atomic E-state index is 0.129. The van der Waals surface area contributed by atoms with E-state index >= 15 is 0 Å². The van der Waals surface area contributed by atoms with E-state index in [0.29, 0.717) is 11.5 Å². The number of carboxylic acid groups (broad SMARTS) is 1. The van der Waals surface area contributed by atoms with Crippen molar-refractivity contribution in [1.82, 2.24) is 20.2 Å². The van der Waals surface area contributed by atoms with Crippen molar-refractivity contribution in [2.75, 3.05) is 0 Å². The molecule has 6 nitrogen and oxygen atoms in total. The summed E-state index contributed by atoms with van der Waals surface area (Å²) in [6, 6.07) is 6.14. The maximum Gasteiger partial charge on any atom is 0.153 e. The maximum absolute atomic E-state index is 10.5. The minimum Gasteiger partial charge on any atom is -0.545 e. The van der Waals surface area contributed by atoms with Crippen LogP contribution in [0.3, 0.4) is 0 Å². The third-order valence-electron chi connectivity index (χ3n) is 1.97. The molecule has 6 heteroatoms. The van der Waals surface area contributed by atoms with E-state index < -0.39 is 5.97 Å². The summed E-state index contributed by atoms with van der Waals surface area (Å²) in [5.41, 5.74) is 0.840. The number of carbonyl (C=O) groups is 1. The van der Waals surface area contributed by atoms with Gasteiger partial charge in [0.2, 0.25) is 0 Å². The van der Waals surface area contributed by atoms with Gasteiger partial charge in [0.1, 0.15) is 0 Å². The van der Waals surface area contributed by atoms with Gasteiger partial charge in [0, 0.05) is 0 Å². The van der Waals surface area contributed by atoms with Gasteiger partial charge in [-0.05, 0) is 35.0 Å². The van der Waals surface area contributed by atoms with Gasteiger partial charge in [0.05, 0.1) is 11.7 Å². The monoisotopic (exact) mass is 203 g/mol. The van der Waals surface area contributed by atoms with Crippen molar-refractivity contribution >= 4 is 5.97 Å². The lowest BCUT2D eigenvalue weighted by Crippen LogP contribution is -2.22. The first-order chi connectivity index (χ1) is 7.18. The highest BCUT2D eigenvalue weighted by Crippen LogP contribution is 2.08. The van der Waals surface area contributed by atoms with E-state index in [1.807, 2.05) is 0 Å². The van der Waals surface area contributed by atoms with Crippen LogP contribution in [0.25, 0.3) is 5.69 Å². The van der Waals surface area contributed by atoms with Gasteiger partial charge in [0.25, 0.3) is 0 Å². The van der Waals surface area contributed by atoms with Gasteiger partial charge in [0.15, 0.2) is 5.82 Å². The zero-order valence-electron chi connectivity index (χ0n) is 7.91. The number of aryl methyl sites for hydroxylation is 1. The Morgan fingerprint density at radius 1 is 1.33 bits per heavy atom. The summed E-state index contributed by atoms with van der Waals surface area (Å²) in [5.74, 6) is -0.564. The van der Waals surface area contributed by atoms with Crippen molar-refractivity contribution in [3.05, 3.63) is 35.7 Å². The first kappa shape index (κ1) is 9.32. The standard InChI is InChI=1S/C9H8N4O2/c1-6-10-11-12-13(6)8-4-2-7(3-5-8)9(14)15/h2-5H,1H3,(H,14,15)/p-1. The molecule has 0 unspecified atom stereocenters. The number of hydrogen-bond acceptors (Lipinski definition) is 5. The number of nitrogens with zero attached hydrogens (tertiary/aromatic N) is 4. The van der Waals surface area contributed by atoms with Crippen LogP contribution in [0.1, 0.15) is 16.2 Å². The molecule has 0 fully saturated rings. The number of carbonyl (C=O) groups excluding carboxylic acids is 1. The van der Waals surface area contributed by atoms with E-state index in [9.17, 15) is 9.90 Å². The Labute approximate surface area is 85.2 Å². The molecule has 2 rings (SSSR count). The number of carboxylic acids is 1. The second-order valence-corrected chi connectivity index (χ2v) is 2.97. The highest BCUT2D eigenvalue weighted by atomic mass is 16.4. The maximum atomic E-state index is 10.5. The normalized spacial score (nSPS) is 10.2. The summed E-state index contributed by atoms with van der Waals surface area (Å²) in [6.07, 6.45) is 0. The Morgan fingerprint density at radius 2 is 2.00 bits per heavy atom. The minimum atomic E-state index is -1.20. The average molecular weight is 203 g/mol. The fourth-order valence-electron chi connectivity index (χ4n) is 1.21. The van der Waals surface area contributed by atoms with E-state index in [1.165, 1.54) is 16.8 Å². The number of aromatic nitrogens is 4. The Balaban J connectivity index is 2.40. The molecule has 0 saturated carbocycles. The summed E-state index contributed by atoms with van der Waals surface area (Å²) in [7, 11) is 0. The Hall–Kier alpha value is -2.24. The molecule has 2 aromatic rings. The molecule has 0 aliphatic heterocycles. The predicted octanol–water partition coefficient (Wildman–Crippen LogP) is -0.666. The third-order valence-corrected chi connectivity index (χ3v) is 1.97. The van der Waals surface area contributed by atoms with Crippen molar-refractivity contribution in [1.29, 1.82) is 0 Å². The Morgan fingerprint density at radius 3 is 2.47 bits per heavy atom. The summed E-state index contributed by atoms with van der Waals surface area (Å²) in [5, 5.41) is 21.5. The van der Waals surface area contributed by atoms with Gasteiger partial charge in [-0.3, -0.25) is 0 Å². The lowest BCUT2D eigenvalue weighted by atomic mass is 10.2. The van der Waals surface area contributed by atoms with Crippen molar-refractivity contribution in [2.24, 2.45) is 0 Å². The molecule has 15 heavy (non-hydrogen) atoms. The smallest absolute Gasteiger partial charge is 0.153 e. The van der Waals surface area contributed by atoms with Crippen molar-refractivity contribution in [3.8, 4) is 5.69 Å². The summed E-state index contributed by atoms with van der Waals surface area (Å²) >= 11 is 0. The van der Waals surface area contributed by atoms with E-state index in [-0.39, 0.29) is 5.56 Å². The molecule has 1 heterocycles. The quantitative estimate of drug-likeness (QED) is 0.646. The number of tetrazole rings is 1. The van der Waals surface area contributed by atoms with Gasteiger partial charge >= 0.3 is 0 Å². The molecular weight excluding hydrogens is 196 g/mol. The van der Waals surface area contributed by atoms with Crippen LogP contribution < -0.4 is 5.11 Å². The van der Waals surface area contributed by atoms with Crippen LogP contribution in [-0.4, -0.2) is 26.2 Å². The second kappa shape index (κ2) is 3.49. The SMILES string of the molecule is Cc1nnnn1-c1ccc(C(=O)[O-])cc1. The molecule has 0 spiro atoms. The Kier molecular flexibility index (Phi) is 2.17. The predicted molar refractivity (Wildman–Crippen MR) is 48.2 cm³/mol. The first-order valence-corrected chi connectivity index (χ1v) is 4.25. The zero-order chi connectivity index (χ0) is 10.8. The van der Waals surface area contributed by atoms with E-state index in [4.69, 9.17) is 0 Å². The van der Waals surface area contributed by atoms with Crippen LogP contribution in [0.2, 0.25) is 0 Å². The van der Waals surface area contributed by atoms with E-state index in [0.717, 1.165) is 0 Å². The molecule has 0 radical (unpaired) electrons. The summed E-state index contributed by atoms with van der Waals surface area (Å²) in [6.45, 7) is 1.76. The molecule has 0 saturated heterocycles. The van der Waals surface area contributed by atoms with Crippen LogP contribution in [0, 0.1) is 6.92 Å². The fraction of sp³-hybridized carbons (Fsp3) is 0.111. The van der Waals surface area contributed by atoms with Gasteiger partial charge in [-0.15, -0.1) is 5.10 Å². The molecule has 76 valence electrons. The van der Waals surface area contributed by atoms with Gasteiger partial charge in [-0.1, -0.05) is 12.1 Å². The molecule has 1 aromatic carbocycles. The Bertz CT molecular complexity index is 489. The van der Waals surface area contributed by atoms with Gasteiger partial charge in [-0.25, -0.2) is 0 Å². The highest BCUT2D eigenvalue weighted by Gasteiger charge is 2.02. The van der Waals surface area contributed by atoms with Crippen LogP contribution >= 0.6 is 0 Å². The highest BCUT2D eigenvalue weighted by molar-refractivity contribution is 5.85. The average Bonchev–Trinajstić information content (AvgIpc) is 2.65. The van der Waals surface area contributed by atoms with Crippen LogP contribution in [-0.2, 0) is 0 Å². The van der Waals surface area contributed by atoms with Crippen molar-refractivity contribution in [3.63, 3.8) is 0 Å². The topological polar surface area (TPSA) is 83.7 Å². The zero-order valence-corrected chi connectivity index (χ0v) is 7.91. The molecule has 0 amide bonds. The number of benzene rings is 1. The molecule has 0 atom stereocenters. The molecule has 0 aliphatic carbocycles. The van der Waals surface area contributed by atoms with Gasteiger partial charge in [-0.2, -0.15) is 4.68 Å². The van der Waals surface area contributed by atoms with E-state index in [2.05, 4.69) is 15.5 Å². The molecule has 0 aliphatic rings. The van der Waals surface area contributed by atoms with Crippen LogP contribution in [0.5, 0.6) is 0 Å². The van der Waals surface area contributed by atoms with Crippen molar-refractivity contribution in [2.45, 2.75) is 6.92 Å². The van der Waals surface area contributed by atoms with Crippen LogP contribution in [0.4, 0.5) is 0 Å². The molecule has 0 bridgehead atoms. The number of aromatic carboxylic acids is 1. The van der Waals surface area contributed by atoms with Crippen molar-refractivity contribution < 1.29 is 9.90 Å². The lowest BCUT2D eigenvalue weighted by Gasteiger charge is -2.04. The number of hydrogen-bond donors (Lipinski definition) is 0. The molecular formula is C9H7N4O2-. The van der Waals surface area contributed by atoms with Gasteiger partial charge < -0.3 is 9.90 Å². The fourth-order valence-corrected chi connectivity index (χ4v) is 1.21. The molecule has 0 N–H and O–H groups in total. The van der Waals surface area contributed by atoms with E-state index in [1.54, 1.807) is 19.1 Å². The van der Waals surface area contributed by atoms with Crippen LogP contribution in [0.15, 0.2) is 24.3 Å². The second-order valence-electron chi connectivity index (χ2n) is 2.97. The molecule has 1 aromatic heterocycles. The number of rotatable bonds is 2. The summed E-state index contributed by atoms with van der Waals surface area (Å²) < 4.78 is 1.51. The third kappa shape index (κ3) is 1.69. The lowest BCUT2D eigenvalue weighted by molar-refractivity contribution is -0.255. The largest absolute Gasteiger partial charge is 0.545 e.